The predicted molar refractivity (Wildman–Crippen MR) is 64.3 cm³/mol. The summed E-state index contributed by atoms with van der Waals surface area (Å²) in [6, 6.07) is 7.02. The Morgan fingerprint density at radius 2 is 1.94 bits per heavy atom. The third-order valence-corrected chi connectivity index (χ3v) is 3.32. The molecular weight excluding hydrogens is 244 g/mol. The number of rotatable bonds is 2. The highest BCUT2D eigenvalue weighted by molar-refractivity contribution is 7.89. The van der Waals surface area contributed by atoms with Crippen LogP contribution in [-0.4, -0.2) is 19.3 Å². The molecule has 0 saturated carbocycles. The molecule has 2 rings (SSSR count). The van der Waals surface area contributed by atoms with E-state index in [1.165, 1.54) is 0 Å². The molecule has 1 unspecified atom stereocenters. The summed E-state index contributed by atoms with van der Waals surface area (Å²) < 4.78 is 12.8. The number of thiol groups is 1. The number of aromatic nitrogens is 3. The van der Waals surface area contributed by atoms with E-state index in [1.54, 1.807) is 28.8 Å². The fourth-order valence-corrected chi connectivity index (χ4v) is 1.85. The van der Waals surface area contributed by atoms with Gasteiger partial charge in [-0.05, 0) is 24.3 Å². The fraction of sp³-hybridized carbons (Fsp3) is 0.111. The first kappa shape index (κ1) is 11.5. The highest BCUT2D eigenvalue weighted by Gasteiger charge is 2.10. The Hall–Kier alpha value is -1.02. The summed E-state index contributed by atoms with van der Waals surface area (Å²) in [5.41, 5.74) is 0.879. The van der Waals surface area contributed by atoms with E-state index in [-0.39, 0.29) is 0 Å². The lowest BCUT2D eigenvalue weighted by atomic mass is 10.2. The van der Waals surface area contributed by atoms with Crippen molar-refractivity contribution in [3.8, 4) is 11.4 Å². The van der Waals surface area contributed by atoms with Crippen molar-refractivity contribution in [2.45, 2.75) is 10.1 Å². The van der Waals surface area contributed by atoms with Crippen molar-refractivity contribution >= 4 is 24.0 Å². The third kappa shape index (κ3) is 2.07. The lowest BCUT2D eigenvalue weighted by Gasteiger charge is -2.04. The zero-order valence-corrected chi connectivity index (χ0v) is 10.2. The molecule has 5 nitrogen and oxygen atoms in total. The van der Waals surface area contributed by atoms with E-state index < -0.39 is 11.4 Å². The molecule has 7 heteroatoms. The molecule has 1 heterocycles. The van der Waals surface area contributed by atoms with Gasteiger partial charge < -0.3 is 9.12 Å². The lowest BCUT2D eigenvalue weighted by Crippen LogP contribution is -2.11. The molecule has 0 aliphatic rings. The predicted octanol–water partition coefficient (Wildman–Crippen LogP) is 0.752. The minimum atomic E-state index is -1.45. The van der Waals surface area contributed by atoms with E-state index in [0.29, 0.717) is 15.9 Å². The molecule has 2 aromatic rings. The van der Waals surface area contributed by atoms with Crippen molar-refractivity contribution in [1.82, 2.24) is 14.8 Å². The van der Waals surface area contributed by atoms with Gasteiger partial charge in [0.1, 0.15) is 0 Å². The van der Waals surface area contributed by atoms with Crippen LogP contribution in [0.4, 0.5) is 0 Å². The van der Waals surface area contributed by atoms with Crippen LogP contribution in [0.15, 0.2) is 34.3 Å². The molecule has 0 amide bonds. The molecule has 1 aromatic carbocycles. The normalized spacial score (nSPS) is 12.8. The Morgan fingerprint density at radius 3 is 2.38 bits per heavy atom. The monoisotopic (exact) mass is 254 g/mol. The van der Waals surface area contributed by atoms with Crippen LogP contribution >= 0.6 is 12.6 Å². The van der Waals surface area contributed by atoms with E-state index in [2.05, 4.69) is 22.8 Å². The average molecular weight is 254 g/mol. The molecule has 1 atom stereocenters. The zero-order valence-electron chi connectivity index (χ0n) is 8.49. The van der Waals surface area contributed by atoms with Gasteiger partial charge in [-0.25, -0.2) is 0 Å². The average Bonchev–Trinajstić information content (AvgIpc) is 2.60. The zero-order chi connectivity index (χ0) is 11.7. The van der Waals surface area contributed by atoms with Crippen LogP contribution in [-0.2, 0) is 18.4 Å². The van der Waals surface area contributed by atoms with Gasteiger partial charge >= 0.3 is 0 Å². The number of hydrogen-bond donors (Lipinski definition) is 2. The molecule has 2 N–H and O–H groups in total. The van der Waals surface area contributed by atoms with Crippen LogP contribution in [0, 0.1) is 0 Å². The van der Waals surface area contributed by atoms with Crippen LogP contribution in [0.3, 0.4) is 0 Å². The first-order chi connectivity index (χ1) is 7.59. The first-order valence-electron chi connectivity index (χ1n) is 4.44. The minimum Gasteiger partial charge on any atom is -0.593 e. The standard InChI is InChI=1S/C9H10N4OS2/c1-13-8(11-12-9(13)15)6-2-4-7(5-3-6)16(10)14/h2-5H,10H2,1H3,(H,12,15). The van der Waals surface area contributed by atoms with Crippen molar-refractivity contribution in [3.63, 3.8) is 0 Å². The van der Waals surface area contributed by atoms with E-state index in [9.17, 15) is 4.55 Å². The van der Waals surface area contributed by atoms with Gasteiger partial charge in [0.2, 0.25) is 0 Å². The second kappa shape index (κ2) is 4.46. The summed E-state index contributed by atoms with van der Waals surface area (Å²) in [5, 5.41) is 13.6. The highest BCUT2D eigenvalue weighted by Crippen LogP contribution is 2.20. The number of benzene rings is 1. The van der Waals surface area contributed by atoms with Gasteiger partial charge in [0.05, 0.1) is 11.4 Å². The van der Waals surface area contributed by atoms with E-state index in [4.69, 9.17) is 5.14 Å². The first-order valence-corrected chi connectivity index (χ1v) is 6.10. The van der Waals surface area contributed by atoms with Crippen molar-refractivity contribution in [1.29, 1.82) is 0 Å². The minimum absolute atomic E-state index is 0.543. The summed E-state index contributed by atoms with van der Waals surface area (Å²) in [6.45, 7) is 0. The van der Waals surface area contributed by atoms with Crippen LogP contribution in [0.5, 0.6) is 0 Å². The molecular formula is C9H10N4OS2. The van der Waals surface area contributed by atoms with Crippen LogP contribution < -0.4 is 5.14 Å². The quantitative estimate of drug-likeness (QED) is 0.612. The van der Waals surface area contributed by atoms with Crippen LogP contribution in [0.1, 0.15) is 0 Å². The molecule has 0 saturated heterocycles. The second-order valence-corrected chi connectivity index (χ2v) is 4.67. The maximum Gasteiger partial charge on any atom is 0.188 e. The second-order valence-electron chi connectivity index (χ2n) is 3.20. The largest absolute Gasteiger partial charge is 0.593 e. The third-order valence-electron chi connectivity index (χ3n) is 2.20. The highest BCUT2D eigenvalue weighted by atomic mass is 32.2. The molecule has 1 aromatic heterocycles. The Bertz CT molecular complexity index is 495. The molecule has 0 fully saturated rings. The van der Waals surface area contributed by atoms with E-state index in [1.807, 2.05) is 7.05 Å². The van der Waals surface area contributed by atoms with Gasteiger partial charge in [-0.1, -0.05) is 0 Å². The Balaban J connectivity index is 2.38. The van der Waals surface area contributed by atoms with Crippen molar-refractivity contribution in [2.75, 3.05) is 0 Å². The van der Waals surface area contributed by atoms with Crippen LogP contribution in [0.25, 0.3) is 11.4 Å². The van der Waals surface area contributed by atoms with Gasteiger partial charge in [-0.15, -0.1) is 28.0 Å². The SMILES string of the molecule is Cn1c(S)nnc1-c1ccc([S+](N)[O-])cc1. The Labute approximate surface area is 101 Å². The number of hydrogen-bond acceptors (Lipinski definition) is 5. The number of nitrogens with zero attached hydrogens (tertiary/aromatic N) is 3. The van der Waals surface area contributed by atoms with Crippen molar-refractivity contribution in [3.05, 3.63) is 24.3 Å². The van der Waals surface area contributed by atoms with Gasteiger partial charge in [-0.2, -0.15) is 0 Å². The maximum absolute atomic E-state index is 11.0. The van der Waals surface area contributed by atoms with Crippen molar-refractivity contribution < 1.29 is 4.55 Å². The molecule has 84 valence electrons. The molecule has 0 bridgehead atoms. The molecule has 0 spiro atoms. The summed E-state index contributed by atoms with van der Waals surface area (Å²) in [5.74, 6) is 0.708. The fourth-order valence-electron chi connectivity index (χ4n) is 1.31. The van der Waals surface area contributed by atoms with E-state index in [0.717, 1.165) is 5.56 Å². The van der Waals surface area contributed by atoms with Gasteiger partial charge in [0.15, 0.2) is 15.9 Å². The van der Waals surface area contributed by atoms with Crippen molar-refractivity contribution in [2.24, 2.45) is 12.2 Å². The summed E-state index contributed by atoms with van der Waals surface area (Å²) in [7, 11) is 1.83. The molecule has 0 aliphatic heterocycles. The summed E-state index contributed by atoms with van der Waals surface area (Å²) >= 11 is 2.69. The smallest absolute Gasteiger partial charge is 0.188 e. The summed E-state index contributed by atoms with van der Waals surface area (Å²) in [6.07, 6.45) is 0. The molecule has 0 radical (unpaired) electrons. The number of nitrogens with two attached hydrogens (primary N) is 1. The van der Waals surface area contributed by atoms with Crippen LogP contribution in [0.2, 0.25) is 0 Å². The van der Waals surface area contributed by atoms with E-state index >= 15 is 0 Å². The summed E-state index contributed by atoms with van der Waals surface area (Å²) in [4.78, 5) is 0.581. The van der Waals surface area contributed by atoms with Gasteiger partial charge in [0.25, 0.3) is 0 Å². The topological polar surface area (TPSA) is 79.8 Å². The Kier molecular flexibility index (Phi) is 3.20. The molecule has 16 heavy (non-hydrogen) atoms. The van der Waals surface area contributed by atoms with Gasteiger partial charge in [0, 0.05) is 12.6 Å². The maximum atomic E-state index is 11.0. The molecule has 0 aliphatic carbocycles. The Morgan fingerprint density at radius 1 is 1.31 bits per heavy atom. The van der Waals surface area contributed by atoms with Gasteiger partial charge in [-0.3, -0.25) is 0 Å². The lowest BCUT2D eigenvalue weighted by molar-refractivity contribution is 0.597.